The number of aromatic nitrogens is 1. The molecule has 13 rings (SSSR count). The van der Waals surface area contributed by atoms with Crippen LogP contribution in [0, 0.1) is 0 Å². The molecule has 2 nitrogen and oxygen atoms in total. The molecule has 0 aliphatic rings. The van der Waals surface area contributed by atoms with Gasteiger partial charge in [0.2, 0.25) is 0 Å². The minimum Gasteiger partial charge on any atom is -0.310 e. The molecule has 0 atom stereocenters. The Morgan fingerprint density at radius 2 is 0.859 bits per heavy atom. The van der Waals surface area contributed by atoms with Crippen molar-refractivity contribution < 1.29 is 0 Å². The van der Waals surface area contributed by atoms with Crippen molar-refractivity contribution in [2.24, 2.45) is 0 Å². The van der Waals surface area contributed by atoms with Gasteiger partial charge in [-0.1, -0.05) is 170 Å². The van der Waals surface area contributed by atoms with Crippen molar-refractivity contribution in [3.05, 3.63) is 231 Å². The van der Waals surface area contributed by atoms with E-state index in [1.807, 2.05) is 22.7 Å². The first kappa shape index (κ1) is 36.9. The third-order valence-electron chi connectivity index (χ3n) is 12.8. The zero-order chi connectivity index (χ0) is 42.1. The minimum absolute atomic E-state index is 1.10. The Labute approximate surface area is 378 Å². The molecule has 300 valence electrons. The third-order valence-corrected chi connectivity index (χ3v) is 15.3. The molecule has 0 spiro atoms. The summed E-state index contributed by atoms with van der Waals surface area (Å²) in [6.45, 7) is 0. The van der Waals surface area contributed by atoms with Crippen molar-refractivity contribution in [3.63, 3.8) is 0 Å². The van der Waals surface area contributed by atoms with Gasteiger partial charge in [-0.15, -0.1) is 22.7 Å². The number of anilines is 3. The molecule has 0 saturated carbocycles. The first-order chi connectivity index (χ1) is 31.8. The molecule has 0 N–H and O–H groups in total. The number of para-hydroxylation sites is 3. The van der Waals surface area contributed by atoms with E-state index in [4.69, 9.17) is 0 Å². The zero-order valence-electron chi connectivity index (χ0n) is 34.7. The van der Waals surface area contributed by atoms with E-state index in [-0.39, 0.29) is 0 Å². The molecule has 3 heterocycles. The van der Waals surface area contributed by atoms with E-state index >= 15 is 0 Å². The Balaban J connectivity index is 1.10. The van der Waals surface area contributed by atoms with Gasteiger partial charge in [0.25, 0.3) is 0 Å². The van der Waals surface area contributed by atoms with Gasteiger partial charge in [-0.2, -0.15) is 0 Å². The van der Waals surface area contributed by atoms with Gasteiger partial charge < -0.3 is 9.47 Å². The maximum absolute atomic E-state index is 2.47. The van der Waals surface area contributed by atoms with Crippen LogP contribution in [-0.2, 0) is 0 Å². The van der Waals surface area contributed by atoms with Crippen LogP contribution in [0.4, 0.5) is 17.1 Å². The van der Waals surface area contributed by atoms with Crippen molar-refractivity contribution in [2.45, 2.75) is 0 Å². The summed E-state index contributed by atoms with van der Waals surface area (Å²) in [6, 6.07) is 84.6. The van der Waals surface area contributed by atoms with E-state index in [1.54, 1.807) is 0 Å². The highest BCUT2D eigenvalue weighted by Gasteiger charge is 2.24. The fraction of sp³-hybridized carbons (Fsp3) is 0. The summed E-state index contributed by atoms with van der Waals surface area (Å²) in [4.78, 5) is 2.47. The molecule has 10 aromatic carbocycles. The van der Waals surface area contributed by atoms with Gasteiger partial charge in [0.1, 0.15) is 0 Å². The van der Waals surface area contributed by atoms with Gasteiger partial charge in [-0.25, -0.2) is 0 Å². The number of hydrogen-bond donors (Lipinski definition) is 0. The largest absolute Gasteiger partial charge is 0.310 e. The molecule has 0 unspecified atom stereocenters. The number of thiophene rings is 2. The predicted octanol–water partition coefficient (Wildman–Crippen LogP) is 18.0. The van der Waals surface area contributed by atoms with E-state index in [0.717, 1.165) is 28.3 Å². The van der Waals surface area contributed by atoms with Gasteiger partial charge >= 0.3 is 0 Å². The fourth-order valence-corrected chi connectivity index (χ4v) is 12.5. The molecule has 0 saturated heterocycles. The van der Waals surface area contributed by atoms with Crippen LogP contribution in [0.25, 0.3) is 101 Å². The molecule has 0 amide bonds. The highest BCUT2D eigenvalue weighted by molar-refractivity contribution is 7.26. The van der Waals surface area contributed by atoms with Gasteiger partial charge in [0, 0.05) is 79.2 Å². The van der Waals surface area contributed by atoms with E-state index in [2.05, 4.69) is 240 Å². The van der Waals surface area contributed by atoms with Crippen molar-refractivity contribution in [2.75, 3.05) is 4.90 Å². The third kappa shape index (κ3) is 5.77. The molecular formula is C60H38N2S2. The minimum atomic E-state index is 1.10. The van der Waals surface area contributed by atoms with Crippen LogP contribution < -0.4 is 4.90 Å². The summed E-state index contributed by atoms with van der Waals surface area (Å²) >= 11 is 3.78. The molecule has 64 heavy (non-hydrogen) atoms. The first-order valence-electron chi connectivity index (χ1n) is 21.8. The lowest BCUT2D eigenvalue weighted by Crippen LogP contribution is -2.10. The number of hydrogen-bond acceptors (Lipinski definition) is 3. The van der Waals surface area contributed by atoms with E-state index in [1.165, 1.54) is 90.0 Å². The zero-order valence-corrected chi connectivity index (χ0v) is 36.3. The summed E-state index contributed by atoms with van der Waals surface area (Å²) in [5.74, 6) is 0. The quantitative estimate of drug-likeness (QED) is 0.155. The van der Waals surface area contributed by atoms with E-state index in [0.29, 0.717) is 0 Å². The smallest absolute Gasteiger partial charge is 0.0562 e. The van der Waals surface area contributed by atoms with Crippen LogP contribution in [0.5, 0.6) is 0 Å². The van der Waals surface area contributed by atoms with Gasteiger partial charge in [0.05, 0.1) is 22.4 Å². The van der Waals surface area contributed by atoms with E-state index < -0.39 is 0 Å². The topological polar surface area (TPSA) is 8.17 Å². The van der Waals surface area contributed by atoms with Gasteiger partial charge in [0.15, 0.2) is 0 Å². The van der Waals surface area contributed by atoms with Crippen molar-refractivity contribution in [1.82, 2.24) is 4.57 Å². The van der Waals surface area contributed by atoms with Crippen LogP contribution in [0.3, 0.4) is 0 Å². The summed E-state index contributed by atoms with van der Waals surface area (Å²) in [7, 11) is 0. The number of benzene rings is 10. The number of nitrogens with zero attached hydrogens (tertiary/aromatic N) is 2. The maximum atomic E-state index is 2.47. The Kier molecular flexibility index (Phi) is 8.61. The monoisotopic (exact) mass is 850 g/mol. The van der Waals surface area contributed by atoms with Crippen LogP contribution in [0.2, 0.25) is 0 Å². The van der Waals surface area contributed by atoms with Gasteiger partial charge in [-0.05, 0) is 77.4 Å². The molecule has 0 radical (unpaired) electrons. The van der Waals surface area contributed by atoms with Crippen LogP contribution in [0.15, 0.2) is 231 Å². The summed E-state index contributed by atoms with van der Waals surface area (Å²) in [6.07, 6.45) is 0. The summed E-state index contributed by atoms with van der Waals surface area (Å²) < 4.78 is 7.69. The average molecular weight is 851 g/mol. The van der Waals surface area contributed by atoms with Crippen molar-refractivity contribution in [3.8, 4) is 39.1 Å². The maximum Gasteiger partial charge on any atom is 0.0562 e. The standard InChI is InChI=1S/C60H38N2S2/c1-3-18-39(19-4-1)42-22-7-11-30-52(42)62-53-31-12-8-25-50(53)58-54(32-17-33-55(58)62)61(40-20-5-2-6-21-40)41-36-37-43(46-26-15-27-47-44-23-9-13-34-56(44)63-59(46)47)51(38-41)49-29-16-28-48-45-24-10-14-35-57(45)64-60(48)49/h1-38H. The lowest BCUT2D eigenvalue weighted by molar-refractivity contribution is 1.18. The summed E-state index contributed by atoms with van der Waals surface area (Å²) in [5, 5.41) is 7.62. The molecule has 0 aliphatic heterocycles. The lowest BCUT2D eigenvalue weighted by Gasteiger charge is -2.28. The van der Waals surface area contributed by atoms with Gasteiger partial charge in [-0.3, -0.25) is 0 Å². The molecule has 0 fully saturated rings. The molecular weight excluding hydrogens is 813 g/mol. The molecule has 4 heteroatoms. The Morgan fingerprint density at radius 3 is 1.58 bits per heavy atom. The number of rotatable bonds is 7. The van der Waals surface area contributed by atoms with Crippen LogP contribution in [0.1, 0.15) is 0 Å². The summed E-state index contributed by atoms with van der Waals surface area (Å²) in [5.41, 5.74) is 14.1. The average Bonchev–Trinajstić information content (AvgIpc) is 4.05. The lowest BCUT2D eigenvalue weighted by atomic mass is 9.92. The second-order valence-corrected chi connectivity index (χ2v) is 18.5. The van der Waals surface area contributed by atoms with Crippen molar-refractivity contribution in [1.29, 1.82) is 0 Å². The SMILES string of the molecule is c1ccc(-c2ccccc2-n2c3ccccc3c3c(N(c4ccccc4)c4ccc(-c5cccc6c5sc5ccccc56)c(-c5cccc6c5sc5ccccc56)c4)cccc32)cc1. The Hall–Kier alpha value is -7.76. The Bertz CT molecular complexity index is 3910. The molecule has 13 aromatic rings. The van der Waals surface area contributed by atoms with E-state index in [9.17, 15) is 0 Å². The van der Waals surface area contributed by atoms with Crippen LogP contribution >= 0.6 is 22.7 Å². The molecule has 0 aliphatic carbocycles. The Morgan fingerprint density at radius 1 is 0.328 bits per heavy atom. The fourth-order valence-electron chi connectivity index (χ4n) is 10.0. The molecule has 0 bridgehead atoms. The normalized spacial score (nSPS) is 11.8. The second-order valence-electron chi connectivity index (χ2n) is 16.4. The predicted molar refractivity (Wildman–Crippen MR) is 278 cm³/mol. The van der Waals surface area contributed by atoms with Crippen molar-refractivity contribution >= 4 is 102 Å². The second kappa shape index (κ2) is 15.0. The number of fused-ring (bicyclic) bond motifs is 9. The first-order valence-corrected chi connectivity index (χ1v) is 23.4. The molecule has 3 aromatic heterocycles. The highest BCUT2D eigenvalue weighted by atomic mass is 32.1. The highest BCUT2D eigenvalue weighted by Crippen LogP contribution is 2.50. The van der Waals surface area contributed by atoms with Crippen LogP contribution in [-0.4, -0.2) is 4.57 Å².